The van der Waals surface area contributed by atoms with E-state index in [1.54, 1.807) is 6.92 Å². The first-order valence-electron chi connectivity index (χ1n) is 8.01. The summed E-state index contributed by atoms with van der Waals surface area (Å²) in [4.78, 5) is 37.7. The van der Waals surface area contributed by atoms with Crippen molar-refractivity contribution >= 4 is 41.0 Å². The van der Waals surface area contributed by atoms with Gasteiger partial charge in [0.1, 0.15) is 6.04 Å². The highest BCUT2D eigenvalue weighted by Gasteiger charge is 2.36. The van der Waals surface area contributed by atoms with Gasteiger partial charge < -0.3 is 15.3 Å². The maximum Gasteiger partial charge on any atom is 0.308 e. The third kappa shape index (κ3) is 4.64. The molecule has 0 bridgehead atoms. The summed E-state index contributed by atoms with van der Waals surface area (Å²) in [6.07, 6.45) is 1.22. The highest BCUT2D eigenvalue weighted by Crippen LogP contribution is 2.24. The van der Waals surface area contributed by atoms with Crippen LogP contribution in [0, 0.1) is 5.92 Å². The van der Waals surface area contributed by atoms with Gasteiger partial charge in [-0.05, 0) is 44.9 Å². The number of amides is 2. The molecule has 0 aliphatic carbocycles. The predicted octanol–water partition coefficient (Wildman–Crippen LogP) is 2.82. The van der Waals surface area contributed by atoms with E-state index in [1.807, 2.05) is 0 Å². The van der Waals surface area contributed by atoms with E-state index in [-0.39, 0.29) is 11.8 Å². The lowest BCUT2D eigenvalue weighted by Gasteiger charge is -2.26. The Labute approximate surface area is 156 Å². The van der Waals surface area contributed by atoms with Gasteiger partial charge in [-0.3, -0.25) is 14.4 Å². The molecule has 0 aromatic heterocycles. The van der Waals surface area contributed by atoms with Crippen molar-refractivity contribution in [2.45, 2.75) is 38.8 Å². The van der Waals surface area contributed by atoms with Gasteiger partial charge in [0.25, 0.3) is 5.91 Å². The van der Waals surface area contributed by atoms with Crippen molar-refractivity contribution < 1.29 is 19.5 Å². The molecule has 2 N–H and O–H groups in total. The van der Waals surface area contributed by atoms with Gasteiger partial charge in [0.2, 0.25) is 5.91 Å². The molecule has 2 amide bonds. The van der Waals surface area contributed by atoms with Crippen LogP contribution in [0.4, 0.5) is 0 Å². The molecule has 1 aliphatic rings. The summed E-state index contributed by atoms with van der Waals surface area (Å²) in [6, 6.07) is 3.39. The molecule has 1 saturated heterocycles. The molecule has 3 atom stereocenters. The number of rotatable bonds is 5. The number of likely N-dealkylation sites (tertiary alicyclic amines) is 1. The third-order valence-corrected chi connectivity index (χ3v) is 4.87. The highest BCUT2D eigenvalue weighted by molar-refractivity contribution is 6.35. The minimum Gasteiger partial charge on any atom is -0.481 e. The molecule has 25 heavy (non-hydrogen) atoms. The predicted molar refractivity (Wildman–Crippen MR) is 94.9 cm³/mol. The molecular weight excluding hydrogens is 367 g/mol. The van der Waals surface area contributed by atoms with E-state index in [9.17, 15) is 14.4 Å². The summed E-state index contributed by atoms with van der Waals surface area (Å²) in [5, 5.41) is 12.4. The van der Waals surface area contributed by atoms with Gasteiger partial charge in [-0.2, -0.15) is 0 Å². The van der Waals surface area contributed by atoms with Gasteiger partial charge in [0, 0.05) is 28.2 Å². The zero-order chi connectivity index (χ0) is 18.7. The number of halogens is 2. The van der Waals surface area contributed by atoms with Gasteiger partial charge >= 0.3 is 5.97 Å². The van der Waals surface area contributed by atoms with E-state index >= 15 is 0 Å². The lowest BCUT2D eigenvalue weighted by Crippen LogP contribution is -2.50. The number of carboxylic acids is 1. The standard InChI is InChI=1S/C17H20Cl2N2O4/c1-9(17(24)25)10(2)20-15(22)14-4-3-5-21(14)16(23)11-6-12(18)8-13(19)7-11/h6-10,14H,3-5H2,1-2H3,(H,20,22)(H,24,25). The fourth-order valence-corrected chi connectivity index (χ4v) is 3.31. The Hall–Kier alpha value is -1.79. The molecule has 6 nitrogen and oxygen atoms in total. The Kier molecular flexibility index (Phi) is 6.30. The summed E-state index contributed by atoms with van der Waals surface area (Å²) in [6.45, 7) is 3.61. The minimum absolute atomic E-state index is 0.319. The molecule has 1 heterocycles. The molecule has 136 valence electrons. The number of hydrogen-bond acceptors (Lipinski definition) is 3. The first-order valence-corrected chi connectivity index (χ1v) is 8.76. The Bertz CT molecular complexity index is 675. The first-order chi connectivity index (χ1) is 11.7. The molecule has 8 heteroatoms. The second kappa shape index (κ2) is 8.06. The Balaban J connectivity index is 2.12. The van der Waals surface area contributed by atoms with Crippen molar-refractivity contribution in [2.24, 2.45) is 5.92 Å². The molecule has 0 saturated carbocycles. The van der Waals surface area contributed by atoms with E-state index in [2.05, 4.69) is 5.32 Å². The van der Waals surface area contributed by atoms with Crippen LogP contribution in [-0.4, -0.2) is 46.4 Å². The summed E-state index contributed by atoms with van der Waals surface area (Å²) >= 11 is 11.9. The van der Waals surface area contributed by atoms with Crippen LogP contribution in [0.5, 0.6) is 0 Å². The summed E-state index contributed by atoms with van der Waals surface area (Å²) in [5.74, 6) is -2.37. The third-order valence-electron chi connectivity index (χ3n) is 4.44. The van der Waals surface area contributed by atoms with Crippen LogP contribution in [-0.2, 0) is 9.59 Å². The number of carboxylic acid groups (broad SMARTS) is 1. The number of nitrogens with one attached hydrogen (secondary N) is 1. The van der Waals surface area contributed by atoms with Crippen LogP contribution in [0.3, 0.4) is 0 Å². The molecule has 1 fully saturated rings. The molecule has 0 spiro atoms. The second-order valence-corrected chi connectivity index (χ2v) is 7.11. The topological polar surface area (TPSA) is 86.7 Å². The van der Waals surface area contributed by atoms with Crippen LogP contribution in [0.15, 0.2) is 18.2 Å². The van der Waals surface area contributed by atoms with Crippen molar-refractivity contribution in [2.75, 3.05) is 6.54 Å². The van der Waals surface area contributed by atoms with E-state index in [0.29, 0.717) is 35.0 Å². The van der Waals surface area contributed by atoms with Crippen molar-refractivity contribution in [3.05, 3.63) is 33.8 Å². The summed E-state index contributed by atoms with van der Waals surface area (Å²) in [7, 11) is 0. The lowest BCUT2D eigenvalue weighted by molar-refractivity contribution is -0.142. The van der Waals surface area contributed by atoms with Crippen LogP contribution >= 0.6 is 23.2 Å². The number of hydrogen-bond donors (Lipinski definition) is 2. The molecule has 1 aromatic carbocycles. The maximum atomic E-state index is 12.7. The van der Waals surface area contributed by atoms with E-state index < -0.39 is 24.0 Å². The normalized spacial score (nSPS) is 19.4. The van der Waals surface area contributed by atoms with Crippen molar-refractivity contribution in [1.29, 1.82) is 0 Å². The van der Waals surface area contributed by atoms with Gasteiger partial charge in [-0.1, -0.05) is 23.2 Å². The van der Waals surface area contributed by atoms with Gasteiger partial charge in [0.15, 0.2) is 0 Å². The molecule has 2 rings (SSSR count). The molecule has 1 aliphatic heterocycles. The largest absolute Gasteiger partial charge is 0.481 e. The average molecular weight is 387 g/mol. The van der Waals surface area contributed by atoms with Gasteiger partial charge in [-0.25, -0.2) is 0 Å². The number of carbonyl (C=O) groups is 3. The van der Waals surface area contributed by atoms with E-state index in [0.717, 1.165) is 0 Å². The molecule has 0 radical (unpaired) electrons. The lowest BCUT2D eigenvalue weighted by atomic mass is 10.0. The van der Waals surface area contributed by atoms with Gasteiger partial charge in [0.05, 0.1) is 5.92 Å². The smallest absolute Gasteiger partial charge is 0.308 e. The number of aliphatic carboxylic acids is 1. The number of carbonyl (C=O) groups excluding carboxylic acids is 2. The maximum absolute atomic E-state index is 12.7. The minimum atomic E-state index is -0.985. The Morgan fingerprint density at radius 2 is 1.80 bits per heavy atom. The number of benzene rings is 1. The van der Waals surface area contributed by atoms with Crippen molar-refractivity contribution in [3.63, 3.8) is 0 Å². The zero-order valence-electron chi connectivity index (χ0n) is 14.0. The average Bonchev–Trinajstić information content (AvgIpc) is 3.01. The molecule has 1 aromatic rings. The van der Waals surface area contributed by atoms with Crippen LogP contribution < -0.4 is 5.32 Å². The van der Waals surface area contributed by atoms with E-state index in [4.69, 9.17) is 28.3 Å². The van der Waals surface area contributed by atoms with Crippen molar-refractivity contribution in [3.8, 4) is 0 Å². The van der Waals surface area contributed by atoms with Crippen LogP contribution in [0.1, 0.15) is 37.0 Å². The highest BCUT2D eigenvalue weighted by atomic mass is 35.5. The first kappa shape index (κ1) is 19.5. The second-order valence-electron chi connectivity index (χ2n) is 6.24. The Morgan fingerprint density at radius 3 is 2.36 bits per heavy atom. The fourth-order valence-electron chi connectivity index (χ4n) is 2.78. The van der Waals surface area contributed by atoms with Crippen LogP contribution in [0.25, 0.3) is 0 Å². The van der Waals surface area contributed by atoms with Gasteiger partial charge in [-0.15, -0.1) is 0 Å². The van der Waals surface area contributed by atoms with E-state index in [1.165, 1.54) is 30.0 Å². The summed E-state index contributed by atoms with van der Waals surface area (Å²) < 4.78 is 0. The Morgan fingerprint density at radius 1 is 1.20 bits per heavy atom. The fraction of sp³-hybridized carbons (Fsp3) is 0.471. The molecular formula is C17H20Cl2N2O4. The van der Waals surface area contributed by atoms with Crippen molar-refractivity contribution in [1.82, 2.24) is 10.2 Å². The summed E-state index contributed by atoms with van der Waals surface area (Å²) in [5.41, 5.74) is 0.323. The van der Waals surface area contributed by atoms with Crippen LogP contribution in [0.2, 0.25) is 10.0 Å². The molecule has 3 unspecified atom stereocenters. The SMILES string of the molecule is CC(NC(=O)C1CCCN1C(=O)c1cc(Cl)cc(Cl)c1)C(C)C(=O)O. The monoisotopic (exact) mass is 386 g/mol. The zero-order valence-corrected chi connectivity index (χ0v) is 15.5. The number of nitrogens with zero attached hydrogens (tertiary/aromatic N) is 1. The quantitative estimate of drug-likeness (QED) is 0.814.